The standard InChI is InChI=1S/C5H8Cl2O/c1-4(8)5(7)2-3-6/h2,4,8H,3H2,1H3/b5-2-. The molecule has 0 aliphatic carbocycles. The molecule has 0 radical (unpaired) electrons. The van der Waals surface area contributed by atoms with Gasteiger partial charge in [0.05, 0.1) is 6.10 Å². The van der Waals surface area contributed by atoms with Gasteiger partial charge in [-0.2, -0.15) is 0 Å². The van der Waals surface area contributed by atoms with Gasteiger partial charge in [0.2, 0.25) is 0 Å². The van der Waals surface area contributed by atoms with Crippen molar-refractivity contribution in [3.63, 3.8) is 0 Å². The van der Waals surface area contributed by atoms with Crippen molar-refractivity contribution in [2.45, 2.75) is 13.0 Å². The molecule has 8 heavy (non-hydrogen) atoms. The summed E-state index contributed by atoms with van der Waals surface area (Å²) in [5, 5.41) is 9.10. The highest BCUT2D eigenvalue weighted by Gasteiger charge is 1.97. The Balaban J connectivity index is 3.61. The van der Waals surface area contributed by atoms with E-state index >= 15 is 0 Å². The summed E-state index contributed by atoms with van der Waals surface area (Å²) in [5.41, 5.74) is 0. The molecule has 0 heterocycles. The first-order chi connectivity index (χ1) is 3.68. The van der Waals surface area contributed by atoms with Gasteiger partial charge in [-0.15, -0.1) is 11.6 Å². The predicted molar refractivity (Wildman–Crippen MR) is 36.3 cm³/mol. The zero-order valence-electron chi connectivity index (χ0n) is 4.56. The molecular formula is C5H8Cl2O. The van der Waals surface area contributed by atoms with Gasteiger partial charge in [0.25, 0.3) is 0 Å². The van der Waals surface area contributed by atoms with Gasteiger partial charge < -0.3 is 5.11 Å². The van der Waals surface area contributed by atoms with Crippen molar-refractivity contribution in [2.24, 2.45) is 0 Å². The summed E-state index contributed by atoms with van der Waals surface area (Å²) in [7, 11) is 0. The van der Waals surface area contributed by atoms with Gasteiger partial charge in [-0.1, -0.05) is 17.7 Å². The maximum absolute atomic E-state index is 8.69. The van der Waals surface area contributed by atoms with Crippen molar-refractivity contribution in [1.82, 2.24) is 0 Å². The molecule has 0 spiro atoms. The molecule has 1 atom stereocenters. The third kappa shape index (κ3) is 3.30. The van der Waals surface area contributed by atoms with Crippen molar-refractivity contribution < 1.29 is 5.11 Å². The lowest BCUT2D eigenvalue weighted by atomic mass is 10.4. The van der Waals surface area contributed by atoms with Crippen LogP contribution in [0.5, 0.6) is 0 Å². The molecule has 0 bridgehead atoms. The molecule has 0 saturated heterocycles. The van der Waals surface area contributed by atoms with E-state index in [1.165, 1.54) is 0 Å². The van der Waals surface area contributed by atoms with Crippen molar-refractivity contribution >= 4 is 23.2 Å². The van der Waals surface area contributed by atoms with Gasteiger partial charge in [0.15, 0.2) is 0 Å². The van der Waals surface area contributed by atoms with Crippen LogP contribution in [-0.2, 0) is 0 Å². The molecule has 0 saturated carbocycles. The van der Waals surface area contributed by atoms with Crippen molar-refractivity contribution in [3.8, 4) is 0 Å². The van der Waals surface area contributed by atoms with Gasteiger partial charge in [0, 0.05) is 10.9 Å². The van der Waals surface area contributed by atoms with Crippen LogP contribution in [0.25, 0.3) is 0 Å². The fraction of sp³-hybridized carbons (Fsp3) is 0.600. The number of rotatable bonds is 2. The Morgan fingerprint density at radius 2 is 2.38 bits per heavy atom. The molecule has 0 fully saturated rings. The molecule has 3 heteroatoms. The number of alkyl halides is 1. The highest BCUT2D eigenvalue weighted by molar-refractivity contribution is 6.30. The molecule has 1 N–H and O–H groups in total. The maximum atomic E-state index is 8.69. The molecular weight excluding hydrogens is 147 g/mol. The van der Waals surface area contributed by atoms with E-state index in [0.717, 1.165) is 0 Å². The number of allylic oxidation sites excluding steroid dienone is 1. The lowest BCUT2D eigenvalue weighted by Gasteiger charge is -1.97. The second kappa shape index (κ2) is 4.19. The first-order valence-corrected chi connectivity index (χ1v) is 3.19. The lowest BCUT2D eigenvalue weighted by Crippen LogP contribution is -1.98. The molecule has 48 valence electrons. The molecule has 0 aromatic rings. The van der Waals surface area contributed by atoms with Crippen LogP contribution in [-0.4, -0.2) is 17.1 Å². The third-order valence-electron chi connectivity index (χ3n) is 0.671. The van der Waals surface area contributed by atoms with E-state index in [4.69, 9.17) is 28.3 Å². The van der Waals surface area contributed by atoms with Crippen molar-refractivity contribution in [3.05, 3.63) is 11.1 Å². The third-order valence-corrected chi connectivity index (χ3v) is 1.30. The normalized spacial score (nSPS) is 16.2. The first-order valence-electron chi connectivity index (χ1n) is 2.28. The summed E-state index contributed by atoms with van der Waals surface area (Å²) in [6, 6.07) is 0. The summed E-state index contributed by atoms with van der Waals surface area (Å²) in [6.07, 6.45) is 0.976. The number of aliphatic hydroxyl groups is 1. The van der Waals surface area contributed by atoms with E-state index in [1.54, 1.807) is 13.0 Å². The Labute approximate surface area is 58.9 Å². The smallest absolute Gasteiger partial charge is 0.0864 e. The minimum absolute atomic E-state index is 0.351. The monoisotopic (exact) mass is 154 g/mol. The maximum Gasteiger partial charge on any atom is 0.0864 e. The second-order valence-electron chi connectivity index (χ2n) is 1.42. The van der Waals surface area contributed by atoms with Crippen LogP contribution < -0.4 is 0 Å². The molecule has 0 amide bonds. The van der Waals surface area contributed by atoms with Gasteiger partial charge in [-0.3, -0.25) is 0 Å². The second-order valence-corrected chi connectivity index (χ2v) is 2.16. The lowest BCUT2D eigenvalue weighted by molar-refractivity contribution is 0.239. The van der Waals surface area contributed by atoms with Crippen LogP contribution in [0.3, 0.4) is 0 Å². The van der Waals surface area contributed by atoms with Crippen LogP contribution in [0.15, 0.2) is 11.1 Å². The quantitative estimate of drug-likeness (QED) is 0.602. The van der Waals surface area contributed by atoms with Gasteiger partial charge in [-0.25, -0.2) is 0 Å². The topological polar surface area (TPSA) is 20.2 Å². The summed E-state index contributed by atoms with van der Waals surface area (Å²) >= 11 is 10.7. The summed E-state index contributed by atoms with van der Waals surface area (Å²) < 4.78 is 0. The van der Waals surface area contributed by atoms with Crippen LogP contribution in [0.1, 0.15) is 6.92 Å². The van der Waals surface area contributed by atoms with Crippen LogP contribution in [0, 0.1) is 0 Å². The molecule has 0 aromatic heterocycles. The Hall–Kier alpha value is 0.280. The predicted octanol–water partition coefficient (Wildman–Crippen LogP) is 1.73. The minimum atomic E-state index is -0.588. The molecule has 1 nitrogen and oxygen atoms in total. The van der Waals surface area contributed by atoms with Gasteiger partial charge in [0.1, 0.15) is 0 Å². The number of aliphatic hydroxyl groups excluding tert-OH is 1. The summed E-state index contributed by atoms with van der Waals surface area (Å²) in [5.74, 6) is 0.351. The Morgan fingerprint density at radius 3 is 2.50 bits per heavy atom. The van der Waals surface area contributed by atoms with Crippen molar-refractivity contribution in [1.29, 1.82) is 0 Å². The highest BCUT2D eigenvalue weighted by atomic mass is 35.5. The van der Waals surface area contributed by atoms with E-state index in [-0.39, 0.29) is 0 Å². The van der Waals surface area contributed by atoms with E-state index in [2.05, 4.69) is 0 Å². The molecule has 0 rings (SSSR count). The zero-order chi connectivity index (χ0) is 6.57. The van der Waals surface area contributed by atoms with Crippen molar-refractivity contribution in [2.75, 3.05) is 5.88 Å². The van der Waals surface area contributed by atoms with Crippen LogP contribution >= 0.6 is 23.2 Å². The SMILES string of the molecule is CC(O)/C(Cl)=C/CCl. The minimum Gasteiger partial charge on any atom is -0.388 e. The van der Waals surface area contributed by atoms with E-state index < -0.39 is 6.10 Å². The Kier molecular flexibility index (Phi) is 4.33. The van der Waals surface area contributed by atoms with E-state index in [1.807, 2.05) is 0 Å². The highest BCUT2D eigenvalue weighted by Crippen LogP contribution is 2.06. The first kappa shape index (κ1) is 8.28. The van der Waals surface area contributed by atoms with E-state index in [0.29, 0.717) is 10.9 Å². The van der Waals surface area contributed by atoms with Gasteiger partial charge in [-0.05, 0) is 6.92 Å². The van der Waals surface area contributed by atoms with E-state index in [9.17, 15) is 0 Å². The van der Waals surface area contributed by atoms with Crippen LogP contribution in [0.2, 0.25) is 0 Å². The fourth-order valence-corrected chi connectivity index (χ4v) is 0.567. The number of hydrogen-bond donors (Lipinski definition) is 1. The number of halogens is 2. The molecule has 0 aliphatic rings. The fourth-order valence-electron chi connectivity index (χ4n) is 0.244. The molecule has 1 unspecified atom stereocenters. The largest absolute Gasteiger partial charge is 0.388 e. The molecule has 0 aromatic carbocycles. The summed E-state index contributed by atoms with van der Waals surface area (Å²) in [4.78, 5) is 0. The Morgan fingerprint density at radius 1 is 1.88 bits per heavy atom. The Bertz CT molecular complexity index is 88.4. The zero-order valence-corrected chi connectivity index (χ0v) is 6.08. The summed E-state index contributed by atoms with van der Waals surface area (Å²) in [6.45, 7) is 1.59. The molecule has 0 aliphatic heterocycles. The average Bonchev–Trinajstić information content (AvgIpc) is 1.67. The van der Waals surface area contributed by atoms with Gasteiger partial charge >= 0.3 is 0 Å². The average molecular weight is 155 g/mol. The number of hydrogen-bond acceptors (Lipinski definition) is 1. The van der Waals surface area contributed by atoms with Crippen LogP contribution in [0.4, 0.5) is 0 Å².